The summed E-state index contributed by atoms with van der Waals surface area (Å²) in [5.41, 5.74) is 0.277. The van der Waals surface area contributed by atoms with Crippen LogP contribution in [0.4, 0.5) is 17.6 Å². The lowest BCUT2D eigenvalue weighted by atomic mass is 9.69. The molecule has 2 aliphatic rings. The van der Waals surface area contributed by atoms with Gasteiger partial charge in [0.05, 0.1) is 5.92 Å². The third kappa shape index (κ3) is 4.43. The molecule has 0 spiro atoms. The molecule has 1 nitrogen and oxygen atoms in total. The maximum absolute atomic E-state index is 14.7. The summed E-state index contributed by atoms with van der Waals surface area (Å²) < 4.78 is 62.1. The van der Waals surface area contributed by atoms with Crippen molar-refractivity contribution in [3.8, 4) is 5.75 Å². The summed E-state index contributed by atoms with van der Waals surface area (Å²) in [4.78, 5) is 0. The zero-order chi connectivity index (χ0) is 19.8. The van der Waals surface area contributed by atoms with E-state index in [1.165, 1.54) is 45.6 Å². The van der Waals surface area contributed by atoms with E-state index >= 15 is 0 Å². The largest absolute Gasteiger partial charge is 0.429 e. The van der Waals surface area contributed by atoms with Gasteiger partial charge in [0.1, 0.15) is 0 Å². The van der Waals surface area contributed by atoms with E-state index in [4.69, 9.17) is 4.74 Å². The molecule has 0 bridgehead atoms. The Kier molecular flexibility index (Phi) is 6.07. The van der Waals surface area contributed by atoms with Crippen molar-refractivity contribution in [2.45, 2.75) is 78.2 Å². The number of rotatable bonds is 4. The highest BCUT2D eigenvalue weighted by Crippen LogP contribution is 2.46. The van der Waals surface area contributed by atoms with E-state index in [-0.39, 0.29) is 11.1 Å². The number of alkyl halides is 2. The molecule has 5 heteroatoms. The fourth-order valence-corrected chi connectivity index (χ4v) is 4.93. The third-order valence-electron chi connectivity index (χ3n) is 6.74. The van der Waals surface area contributed by atoms with Gasteiger partial charge < -0.3 is 4.74 Å². The summed E-state index contributed by atoms with van der Waals surface area (Å²) in [6.45, 7) is 5.14. The monoisotopic (exact) mass is 386 g/mol. The summed E-state index contributed by atoms with van der Waals surface area (Å²) in [5, 5.41) is 0. The summed E-state index contributed by atoms with van der Waals surface area (Å²) in [6.07, 6.45) is 3.69. The van der Waals surface area contributed by atoms with Crippen LogP contribution < -0.4 is 4.74 Å². The van der Waals surface area contributed by atoms with Gasteiger partial charge in [-0.15, -0.1) is 0 Å². The Hall–Kier alpha value is -1.26. The maximum atomic E-state index is 14.7. The van der Waals surface area contributed by atoms with Gasteiger partial charge >= 0.3 is 6.11 Å². The smallest absolute Gasteiger partial charge is 0.400 e. The molecule has 27 heavy (non-hydrogen) atoms. The number of benzene rings is 1. The molecule has 0 radical (unpaired) electrons. The Morgan fingerprint density at radius 1 is 0.815 bits per heavy atom. The van der Waals surface area contributed by atoms with Crippen LogP contribution in [0.15, 0.2) is 6.07 Å². The number of hydrogen-bond acceptors (Lipinski definition) is 1. The number of aryl methyl sites for hydroxylation is 2. The molecule has 0 aromatic heterocycles. The van der Waals surface area contributed by atoms with Crippen molar-refractivity contribution in [2.75, 3.05) is 0 Å². The van der Waals surface area contributed by atoms with Gasteiger partial charge in [0, 0.05) is 0 Å². The second kappa shape index (κ2) is 8.00. The molecule has 0 saturated heterocycles. The first kappa shape index (κ1) is 20.5. The zero-order valence-electron chi connectivity index (χ0n) is 16.5. The first-order valence-electron chi connectivity index (χ1n) is 10.2. The van der Waals surface area contributed by atoms with E-state index in [0.29, 0.717) is 24.7 Å². The van der Waals surface area contributed by atoms with Crippen molar-refractivity contribution in [2.24, 2.45) is 23.7 Å². The molecule has 3 rings (SSSR count). The van der Waals surface area contributed by atoms with Crippen LogP contribution in [0, 0.1) is 49.2 Å². The van der Waals surface area contributed by atoms with E-state index in [2.05, 4.69) is 6.92 Å². The maximum Gasteiger partial charge on any atom is 0.400 e. The normalized spacial score (nSPS) is 29.6. The minimum Gasteiger partial charge on any atom is -0.429 e. The Labute approximate surface area is 159 Å². The number of halogens is 4. The average molecular weight is 386 g/mol. The van der Waals surface area contributed by atoms with Crippen molar-refractivity contribution in [1.29, 1.82) is 0 Å². The molecule has 2 saturated carbocycles. The van der Waals surface area contributed by atoms with Gasteiger partial charge in [-0.2, -0.15) is 13.2 Å². The lowest BCUT2D eigenvalue weighted by Gasteiger charge is -2.39. The van der Waals surface area contributed by atoms with Gasteiger partial charge in [-0.3, -0.25) is 0 Å². The van der Waals surface area contributed by atoms with Crippen LogP contribution in [0.1, 0.15) is 69.4 Å². The van der Waals surface area contributed by atoms with Crippen LogP contribution in [0.3, 0.4) is 0 Å². The molecule has 2 aliphatic carbocycles. The van der Waals surface area contributed by atoms with Crippen LogP contribution in [0.25, 0.3) is 0 Å². The Morgan fingerprint density at radius 2 is 1.33 bits per heavy atom. The first-order chi connectivity index (χ1) is 12.7. The van der Waals surface area contributed by atoms with E-state index in [9.17, 15) is 17.6 Å². The highest BCUT2D eigenvalue weighted by Gasteiger charge is 2.45. The predicted octanol–water partition coefficient (Wildman–Crippen LogP) is 7.19. The second-order valence-electron chi connectivity index (χ2n) is 8.76. The van der Waals surface area contributed by atoms with Gasteiger partial charge in [-0.1, -0.05) is 19.8 Å². The van der Waals surface area contributed by atoms with E-state index in [0.717, 1.165) is 18.8 Å². The van der Waals surface area contributed by atoms with Gasteiger partial charge in [0.2, 0.25) is 5.82 Å². The number of hydrogen-bond donors (Lipinski definition) is 0. The third-order valence-corrected chi connectivity index (χ3v) is 6.74. The van der Waals surface area contributed by atoms with E-state index in [1.54, 1.807) is 0 Å². The lowest BCUT2D eigenvalue weighted by molar-refractivity contribution is -0.225. The summed E-state index contributed by atoms with van der Waals surface area (Å²) >= 11 is 0. The van der Waals surface area contributed by atoms with E-state index in [1.807, 2.05) is 0 Å². The first-order valence-corrected chi connectivity index (χ1v) is 10.2. The van der Waals surface area contributed by atoms with Crippen molar-refractivity contribution in [1.82, 2.24) is 0 Å². The fraction of sp³-hybridized carbons (Fsp3) is 0.727. The average Bonchev–Trinajstić information content (AvgIpc) is 2.64. The molecule has 0 atom stereocenters. The van der Waals surface area contributed by atoms with E-state index < -0.39 is 29.4 Å². The number of ether oxygens (including phenoxy) is 1. The molecule has 0 N–H and O–H groups in total. The van der Waals surface area contributed by atoms with Crippen LogP contribution in [-0.2, 0) is 0 Å². The van der Waals surface area contributed by atoms with Gasteiger partial charge in [-0.05, 0) is 87.3 Å². The molecule has 1 aromatic carbocycles. The van der Waals surface area contributed by atoms with Crippen LogP contribution in [0.5, 0.6) is 5.75 Å². The molecule has 1 aromatic rings. The van der Waals surface area contributed by atoms with Gasteiger partial charge in [0.15, 0.2) is 11.6 Å². The SMILES string of the molecule is Cc1cc(C)c(OC(F)(F)C2CCC(C3CCC(C)CC3)CC2)c(F)c1F. The quantitative estimate of drug-likeness (QED) is 0.498. The Bertz CT molecular complexity index is 657. The highest BCUT2D eigenvalue weighted by molar-refractivity contribution is 5.38. The Balaban J connectivity index is 1.63. The van der Waals surface area contributed by atoms with Crippen LogP contribution in [0.2, 0.25) is 0 Å². The van der Waals surface area contributed by atoms with Crippen LogP contribution in [-0.4, -0.2) is 6.11 Å². The summed E-state index contributed by atoms with van der Waals surface area (Å²) in [5.74, 6) is -2.10. The van der Waals surface area contributed by atoms with Gasteiger partial charge in [-0.25, -0.2) is 4.39 Å². The molecular formula is C22H30F4O. The summed E-state index contributed by atoms with van der Waals surface area (Å²) in [7, 11) is 0. The molecule has 0 aliphatic heterocycles. The van der Waals surface area contributed by atoms with Crippen molar-refractivity contribution < 1.29 is 22.3 Å². The van der Waals surface area contributed by atoms with Crippen LogP contribution >= 0.6 is 0 Å². The topological polar surface area (TPSA) is 9.23 Å². The summed E-state index contributed by atoms with van der Waals surface area (Å²) in [6, 6.07) is 1.34. The Morgan fingerprint density at radius 3 is 1.89 bits per heavy atom. The van der Waals surface area contributed by atoms with Gasteiger partial charge in [0.25, 0.3) is 0 Å². The molecule has 2 fully saturated rings. The zero-order valence-corrected chi connectivity index (χ0v) is 16.5. The second-order valence-corrected chi connectivity index (χ2v) is 8.76. The molecule has 0 amide bonds. The molecular weight excluding hydrogens is 356 g/mol. The lowest BCUT2D eigenvalue weighted by Crippen LogP contribution is -2.38. The molecule has 0 unspecified atom stereocenters. The molecule has 0 heterocycles. The van der Waals surface area contributed by atoms with Crippen molar-refractivity contribution in [3.05, 3.63) is 28.8 Å². The predicted molar refractivity (Wildman–Crippen MR) is 98.0 cm³/mol. The minimum atomic E-state index is -3.49. The van der Waals surface area contributed by atoms with Crippen molar-refractivity contribution in [3.63, 3.8) is 0 Å². The minimum absolute atomic E-state index is 0.0861. The van der Waals surface area contributed by atoms with Crippen molar-refractivity contribution >= 4 is 0 Å². The molecule has 152 valence electrons. The highest BCUT2D eigenvalue weighted by atomic mass is 19.3. The standard InChI is InChI=1S/C22H30F4O/c1-13-4-6-16(7-5-13)17-8-10-18(11-9-17)22(25,26)27-21-15(3)12-14(2)19(23)20(21)24/h12-13,16-18H,4-11H2,1-3H3. The fourth-order valence-electron chi connectivity index (χ4n) is 4.93.